The first-order chi connectivity index (χ1) is 13.6. The standard InChI is InChI=1S/C20H17BrN4O2S/c1-2-27-19(26)17(11-13-7-9-14(21)10-8-13)28-20-23-18-15-5-3-4-6-16(15)22-12-25(18)24-20/h3-10,12,17H,2,11H2,1H3. The number of nitrogens with zero attached hydrogens (tertiary/aromatic N) is 4. The lowest BCUT2D eigenvalue weighted by Crippen LogP contribution is -2.23. The average molecular weight is 457 g/mol. The van der Waals surface area contributed by atoms with Crippen LogP contribution < -0.4 is 0 Å². The zero-order chi connectivity index (χ0) is 19.5. The van der Waals surface area contributed by atoms with E-state index in [1.165, 1.54) is 11.8 Å². The van der Waals surface area contributed by atoms with E-state index in [-0.39, 0.29) is 5.97 Å². The second kappa shape index (κ2) is 8.28. The van der Waals surface area contributed by atoms with Gasteiger partial charge in [0, 0.05) is 9.86 Å². The normalized spacial score (nSPS) is 12.4. The molecular weight excluding hydrogens is 440 g/mol. The van der Waals surface area contributed by atoms with Crippen molar-refractivity contribution in [3.63, 3.8) is 0 Å². The number of thioether (sulfide) groups is 1. The van der Waals surface area contributed by atoms with Crippen molar-refractivity contribution < 1.29 is 9.53 Å². The summed E-state index contributed by atoms with van der Waals surface area (Å²) in [6, 6.07) is 15.7. The van der Waals surface area contributed by atoms with Gasteiger partial charge in [0.15, 0.2) is 5.65 Å². The van der Waals surface area contributed by atoms with Gasteiger partial charge in [-0.1, -0.05) is 52.0 Å². The first-order valence-electron chi connectivity index (χ1n) is 8.82. The number of carbonyl (C=O) groups is 1. The maximum atomic E-state index is 12.5. The molecule has 1 atom stereocenters. The van der Waals surface area contributed by atoms with Gasteiger partial charge in [-0.15, -0.1) is 5.10 Å². The Morgan fingerprint density at radius 1 is 1.21 bits per heavy atom. The lowest BCUT2D eigenvalue weighted by Gasteiger charge is -2.13. The molecule has 4 aromatic rings. The maximum Gasteiger partial charge on any atom is 0.319 e. The Hall–Kier alpha value is -2.45. The molecule has 0 aliphatic carbocycles. The molecule has 0 amide bonds. The summed E-state index contributed by atoms with van der Waals surface area (Å²) in [5.74, 6) is -0.266. The van der Waals surface area contributed by atoms with Crippen LogP contribution >= 0.6 is 27.7 Å². The van der Waals surface area contributed by atoms with Crippen molar-refractivity contribution in [3.05, 3.63) is 64.9 Å². The van der Waals surface area contributed by atoms with Crippen LogP contribution in [0.25, 0.3) is 16.6 Å². The molecule has 0 aliphatic heterocycles. The van der Waals surface area contributed by atoms with Crippen LogP contribution in [-0.2, 0) is 16.0 Å². The Morgan fingerprint density at radius 3 is 2.79 bits per heavy atom. The van der Waals surface area contributed by atoms with E-state index in [2.05, 4.69) is 31.0 Å². The van der Waals surface area contributed by atoms with Crippen molar-refractivity contribution in [1.29, 1.82) is 0 Å². The van der Waals surface area contributed by atoms with Crippen molar-refractivity contribution in [2.75, 3.05) is 6.61 Å². The molecule has 0 saturated heterocycles. The van der Waals surface area contributed by atoms with Crippen LogP contribution in [0.15, 0.2) is 64.5 Å². The Kier molecular flexibility index (Phi) is 5.59. The number of halogens is 1. The summed E-state index contributed by atoms with van der Waals surface area (Å²) in [5.41, 5.74) is 2.62. The van der Waals surface area contributed by atoms with E-state index in [4.69, 9.17) is 4.74 Å². The number of hydrogen-bond acceptors (Lipinski definition) is 6. The van der Waals surface area contributed by atoms with Gasteiger partial charge in [0.05, 0.1) is 12.1 Å². The molecule has 0 fully saturated rings. The van der Waals surface area contributed by atoms with Crippen LogP contribution in [0.3, 0.4) is 0 Å². The molecule has 2 aromatic carbocycles. The predicted molar refractivity (Wildman–Crippen MR) is 112 cm³/mol. The van der Waals surface area contributed by atoms with Gasteiger partial charge in [-0.2, -0.15) is 0 Å². The molecule has 6 nitrogen and oxygen atoms in total. The minimum absolute atomic E-state index is 0.266. The Balaban J connectivity index is 1.64. The van der Waals surface area contributed by atoms with Gasteiger partial charge in [-0.3, -0.25) is 4.79 Å². The van der Waals surface area contributed by atoms with Crippen LogP contribution in [0.2, 0.25) is 0 Å². The molecule has 8 heteroatoms. The summed E-state index contributed by atoms with van der Waals surface area (Å²) in [6.45, 7) is 2.14. The lowest BCUT2D eigenvalue weighted by molar-refractivity contribution is -0.142. The summed E-state index contributed by atoms with van der Waals surface area (Å²) in [5, 5.41) is 5.50. The second-order valence-electron chi connectivity index (χ2n) is 6.11. The third-order valence-corrected chi connectivity index (χ3v) is 5.75. The monoisotopic (exact) mass is 456 g/mol. The fraction of sp³-hybridized carbons (Fsp3) is 0.200. The van der Waals surface area contributed by atoms with Gasteiger partial charge < -0.3 is 4.74 Å². The first-order valence-corrected chi connectivity index (χ1v) is 10.5. The molecule has 0 N–H and O–H groups in total. The summed E-state index contributed by atoms with van der Waals surface area (Å²) in [6.07, 6.45) is 2.17. The molecule has 0 bridgehead atoms. The van der Waals surface area contributed by atoms with Crippen LogP contribution in [0.5, 0.6) is 0 Å². The number of fused-ring (bicyclic) bond motifs is 3. The number of carbonyl (C=O) groups excluding carboxylic acids is 1. The summed E-state index contributed by atoms with van der Waals surface area (Å²) >= 11 is 4.75. The van der Waals surface area contributed by atoms with E-state index in [0.29, 0.717) is 18.2 Å². The van der Waals surface area contributed by atoms with Gasteiger partial charge in [0.2, 0.25) is 5.16 Å². The second-order valence-corrected chi connectivity index (χ2v) is 8.20. The van der Waals surface area contributed by atoms with Gasteiger partial charge >= 0.3 is 5.97 Å². The molecule has 2 heterocycles. The highest BCUT2D eigenvalue weighted by atomic mass is 79.9. The first kappa shape index (κ1) is 18.9. The summed E-state index contributed by atoms with van der Waals surface area (Å²) < 4.78 is 7.92. The van der Waals surface area contributed by atoms with Crippen LogP contribution in [0, 0.1) is 0 Å². The minimum atomic E-state index is -0.433. The number of esters is 1. The summed E-state index contributed by atoms with van der Waals surface area (Å²) in [7, 11) is 0. The molecule has 28 heavy (non-hydrogen) atoms. The van der Waals surface area contributed by atoms with E-state index in [0.717, 1.165) is 26.6 Å². The van der Waals surface area contributed by atoms with E-state index in [1.807, 2.05) is 48.5 Å². The van der Waals surface area contributed by atoms with Crippen molar-refractivity contribution in [3.8, 4) is 0 Å². The third kappa shape index (κ3) is 4.02. The topological polar surface area (TPSA) is 69.4 Å². The van der Waals surface area contributed by atoms with Crippen molar-refractivity contribution >= 4 is 50.2 Å². The van der Waals surface area contributed by atoms with Crippen molar-refractivity contribution in [1.82, 2.24) is 19.6 Å². The molecule has 142 valence electrons. The number of para-hydroxylation sites is 1. The van der Waals surface area contributed by atoms with E-state index < -0.39 is 5.25 Å². The Bertz CT molecular complexity index is 1130. The molecule has 1 unspecified atom stereocenters. The highest BCUT2D eigenvalue weighted by molar-refractivity contribution is 9.10. The van der Waals surface area contributed by atoms with Gasteiger partial charge in [0.1, 0.15) is 11.6 Å². The Labute approximate surface area is 174 Å². The minimum Gasteiger partial charge on any atom is -0.465 e. The molecule has 2 aromatic heterocycles. The van der Waals surface area contributed by atoms with E-state index in [1.54, 1.807) is 17.8 Å². The van der Waals surface area contributed by atoms with Gasteiger partial charge in [-0.25, -0.2) is 14.5 Å². The fourth-order valence-corrected chi connectivity index (χ4v) is 4.11. The third-order valence-electron chi connectivity index (χ3n) is 4.19. The van der Waals surface area contributed by atoms with Crippen molar-refractivity contribution in [2.45, 2.75) is 23.8 Å². The fourth-order valence-electron chi connectivity index (χ4n) is 2.88. The molecule has 0 aliphatic rings. The molecule has 0 spiro atoms. The SMILES string of the molecule is CCOC(=O)C(Cc1ccc(Br)cc1)Sc1nc2c3ccccc3ncn2n1. The maximum absolute atomic E-state index is 12.5. The highest BCUT2D eigenvalue weighted by Gasteiger charge is 2.24. The smallest absolute Gasteiger partial charge is 0.319 e. The van der Waals surface area contributed by atoms with Crippen LogP contribution in [-0.4, -0.2) is 37.4 Å². The lowest BCUT2D eigenvalue weighted by atomic mass is 10.1. The van der Waals surface area contributed by atoms with Gasteiger partial charge in [0.25, 0.3) is 0 Å². The zero-order valence-corrected chi connectivity index (χ0v) is 17.5. The quantitative estimate of drug-likeness (QED) is 0.318. The predicted octanol–water partition coefficient (Wildman–Crippen LogP) is 4.31. The number of aromatic nitrogens is 4. The largest absolute Gasteiger partial charge is 0.465 e. The average Bonchev–Trinajstić information content (AvgIpc) is 3.12. The van der Waals surface area contributed by atoms with Gasteiger partial charge in [-0.05, 0) is 43.2 Å². The van der Waals surface area contributed by atoms with Crippen LogP contribution in [0.1, 0.15) is 12.5 Å². The molecule has 0 radical (unpaired) electrons. The number of rotatable bonds is 6. The van der Waals surface area contributed by atoms with E-state index >= 15 is 0 Å². The van der Waals surface area contributed by atoms with Crippen LogP contribution in [0.4, 0.5) is 0 Å². The van der Waals surface area contributed by atoms with E-state index in [9.17, 15) is 4.79 Å². The molecule has 0 saturated carbocycles. The van der Waals surface area contributed by atoms with Crippen molar-refractivity contribution in [2.24, 2.45) is 0 Å². The summed E-state index contributed by atoms with van der Waals surface area (Å²) in [4.78, 5) is 21.6. The zero-order valence-electron chi connectivity index (χ0n) is 15.1. The molecular formula is C20H17BrN4O2S. The number of benzene rings is 2. The highest BCUT2D eigenvalue weighted by Crippen LogP contribution is 2.27. The molecule has 4 rings (SSSR count). The number of ether oxygens (including phenoxy) is 1. The number of hydrogen-bond donors (Lipinski definition) is 0. The Morgan fingerprint density at radius 2 is 2.00 bits per heavy atom.